The normalized spacial score (nSPS) is 22.1. The van der Waals surface area contributed by atoms with E-state index in [0.717, 1.165) is 26.2 Å². The number of nitrogens with one attached hydrogen (secondary N) is 1. The molecule has 1 aromatic carbocycles. The Morgan fingerprint density at radius 1 is 1.22 bits per heavy atom. The van der Waals surface area contributed by atoms with Gasteiger partial charge in [-0.3, -0.25) is 4.90 Å². The third-order valence-electron chi connectivity index (χ3n) is 3.84. The van der Waals surface area contributed by atoms with Gasteiger partial charge in [0, 0.05) is 32.2 Å². The lowest BCUT2D eigenvalue weighted by Gasteiger charge is -2.34. The van der Waals surface area contributed by atoms with Gasteiger partial charge in [-0.25, -0.2) is 0 Å². The zero-order valence-corrected chi connectivity index (χ0v) is 13.2. The zero-order valence-electron chi connectivity index (χ0n) is 12.2. The van der Waals surface area contributed by atoms with Crippen molar-refractivity contribution in [1.82, 2.24) is 10.2 Å². The number of rotatable bonds is 3. The van der Waals surface area contributed by atoms with E-state index in [1.54, 1.807) is 5.19 Å². The van der Waals surface area contributed by atoms with Gasteiger partial charge in [-0.15, -0.1) is 0 Å². The molecule has 1 heterocycles. The van der Waals surface area contributed by atoms with Crippen LogP contribution < -0.4 is 10.5 Å². The van der Waals surface area contributed by atoms with Crippen LogP contribution in [-0.2, 0) is 6.54 Å². The van der Waals surface area contributed by atoms with Gasteiger partial charge in [-0.1, -0.05) is 49.1 Å². The van der Waals surface area contributed by atoms with E-state index < -0.39 is 8.07 Å². The van der Waals surface area contributed by atoms with E-state index in [2.05, 4.69) is 61.0 Å². The first kappa shape index (κ1) is 13.8. The SMILES string of the molecule is C[C@H]1CNCCN1Cc1ccc([Si](C)(C)C)cc1. The molecule has 1 fully saturated rings. The number of piperazine rings is 1. The largest absolute Gasteiger partial charge is 0.314 e. The number of benzene rings is 1. The molecule has 0 spiro atoms. The Labute approximate surface area is 112 Å². The van der Waals surface area contributed by atoms with Gasteiger partial charge in [0.05, 0.1) is 8.07 Å². The lowest BCUT2D eigenvalue weighted by Crippen LogP contribution is -2.49. The highest BCUT2D eigenvalue weighted by Crippen LogP contribution is 2.10. The molecular weight excluding hydrogens is 236 g/mol. The van der Waals surface area contributed by atoms with Crippen LogP contribution in [-0.4, -0.2) is 38.6 Å². The molecule has 1 aliphatic heterocycles. The van der Waals surface area contributed by atoms with E-state index in [1.807, 2.05) is 0 Å². The second kappa shape index (κ2) is 5.55. The quantitative estimate of drug-likeness (QED) is 0.839. The molecule has 1 aromatic rings. The predicted octanol–water partition coefficient (Wildman–Crippen LogP) is 2.03. The van der Waals surface area contributed by atoms with E-state index in [1.165, 1.54) is 5.56 Å². The van der Waals surface area contributed by atoms with Crippen molar-refractivity contribution in [2.45, 2.75) is 39.2 Å². The summed E-state index contributed by atoms with van der Waals surface area (Å²) in [5.41, 5.74) is 1.45. The molecule has 0 saturated carbocycles. The lowest BCUT2D eigenvalue weighted by molar-refractivity contribution is 0.165. The van der Waals surface area contributed by atoms with Crippen molar-refractivity contribution in [3.8, 4) is 0 Å². The van der Waals surface area contributed by atoms with Gasteiger partial charge in [0.25, 0.3) is 0 Å². The Morgan fingerprint density at radius 2 is 1.89 bits per heavy atom. The van der Waals surface area contributed by atoms with Crippen molar-refractivity contribution < 1.29 is 0 Å². The number of nitrogens with zero attached hydrogens (tertiary/aromatic N) is 1. The molecule has 1 N–H and O–H groups in total. The monoisotopic (exact) mass is 262 g/mol. The van der Waals surface area contributed by atoms with Crippen LogP contribution in [0.1, 0.15) is 12.5 Å². The Balaban J connectivity index is 2.02. The van der Waals surface area contributed by atoms with Gasteiger partial charge in [-0.2, -0.15) is 0 Å². The molecule has 0 bridgehead atoms. The standard InChI is InChI=1S/C15H26N2Si/c1-13-11-16-9-10-17(13)12-14-5-7-15(8-6-14)18(2,3)4/h5-8,13,16H,9-12H2,1-4H3/t13-/m0/s1. The van der Waals surface area contributed by atoms with E-state index in [-0.39, 0.29) is 0 Å². The highest BCUT2D eigenvalue weighted by molar-refractivity contribution is 6.88. The fourth-order valence-corrected chi connectivity index (χ4v) is 3.63. The van der Waals surface area contributed by atoms with Crippen molar-refractivity contribution in [3.05, 3.63) is 29.8 Å². The smallest absolute Gasteiger partial charge is 0.0775 e. The maximum Gasteiger partial charge on any atom is 0.0775 e. The van der Waals surface area contributed by atoms with Gasteiger partial charge in [-0.05, 0) is 12.5 Å². The summed E-state index contributed by atoms with van der Waals surface area (Å²) in [7, 11) is -1.15. The van der Waals surface area contributed by atoms with Crippen LogP contribution in [0.2, 0.25) is 19.6 Å². The molecule has 0 aliphatic carbocycles. The molecule has 1 atom stereocenters. The first-order valence-electron chi connectivity index (χ1n) is 7.01. The minimum atomic E-state index is -1.15. The zero-order chi connectivity index (χ0) is 13.2. The molecule has 0 radical (unpaired) electrons. The molecule has 0 aromatic heterocycles. The second-order valence-corrected chi connectivity index (χ2v) is 11.5. The van der Waals surface area contributed by atoms with Crippen LogP contribution >= 0.6 is 0 Å². The summed E-state index contributed by atoms with van der Waals surface area (Å²) in [4.78, 5) is 2.57. The topological polar surface area (TPSA) is 15.3 Å². The lowest BCUT2D eigenvalue weighted by atomic mass is 10.1. The summed E-state index contributed by atoms with van der Waals surface area (Å²) in [5.74, 6) is 0. The molecule has 0 amide bonds. The molecule has 18 heavy (non-hydrogen) atoms. The van der Waals surface area contributed by atoms with Gasteiger partial charge in [0.15, 0.2) is 0 Å². The van der Waals surface area contributed by atoms with Gasteiger partial charge < -0.3 is 5.32 Å². The van der Waals surface area contributed by atoms with Crippen LogP contribution in [0, 0.1) is 0 Å². The minimum Gasteiger partial charge on any atom is -0.314 e. The van der Waals surface area contributed by atoms with Crippen LogP contribution in [0.5, 0.6) is 0 Å². The van der Waals surface area contributed by atoms with E-state index in [4.69, 9.17) is 0 Å². The molecule has 1 saturated heterocycles. The molecule has 2 nitrogen and oxygen atoms in total. The average molecular weight is 262 g/mol. The molecule has 3 heteroatoms. The van der Waals surface area contributed by atoms with Gasteiger partial charge in [0.1, 0.15) is 0 Å². The van der Waals surface area contributed by atoms with Crippen molar-refractivity contribution in [3.63, 3.8) is 0 Å². The molecule has 0 unspecified atom stereocenters. The van der Waals surface area contributed by atoms with Crippen LogP contribution in [0.4, 0.5) is 0 Å². The Hall–Kier alpha value is -0.643. The molecule has 2 rings (SSSR count). The fourth-order valence-electron chi connectivity index (χ4n) is 2.46. The Morgan fingerprint density at radius 3 is 2.44 bits per heavy atom. The summed E-state index contributed by atoms with van der Waals surface area (Å²) < 4.78 is 0. The first-order chi connectivity index (χ1) is 8.47. The van der Waals surface area contributed by atoms with Crippen LogP contribution in [0.25, 0.3) is 0 Å². The second-order valence-electron chi connectivity index (χ2n) is 6.47. The van der Waals surface area contributed by atoms with Crippen LogP contribution in [0.15, 0.2) is 24.3 Å². The molecule has 1 aliphatic rings. The summed E-state index contributed by atoms with van der Waals surface area (Å²) in [6.07, 6.45) is 0. The third kappa shape index (κ3) is 3.43. The summed E-state index contributed by atoms with van der Waals surface area (Å²) in [6.45, 7) is 14.0. The van der Waals surface area contributed by atoms with E-state index in [0.29, 0.717) is 6.04 Å². The van der Waals surface area contributed by atoms with Gasteiger partial charge >= 0.3 is 0 Å². The van der Waals surface area contributed by atoms with E-state index >= 15 is 0 Å². The minimum absolute atomic E-state index is 0.649. The van der Waals surface area contributed by atoms with Crippen molar-refractivity contribution in [2.75, 3.05) is 19.6 Å². The van der Waals surface area contributed by atoms with Crippen LogP contribution in [0.3, 0.4) is 0 Å². The third-order valence-corrected chi connectivity index (χ3v) is 5.91. The van der Waals surface area contributed by atoms with E-state index in [9.17, 15) is 0 Å². The summed E-state index contributed by atoms with van der Waals surface area (Å²) in [6, 6.07) is 9.98. The highest BCUT2D eigenvalue weighted by atomic mass is 28.3. The molecular formula is C15H26N2Si. The predicted molar refractivity (Wildman–Crippen MR) is 82.2 cm³/mol. The maximum absolute atomic E-state index is 3.44. The first-order valence-corrected chi connectivity index (χ1v) is 10.5. The average Bonchev–Trinajstić information content (AvgIpc) is 2.32. The van der Waals surface area contributed by atoms with Crippen molar-refractivity contribution in [2.24, 2.45) is 0 Å². The Bertz CT molecular complexity index is 380. The highest BCUT2D eigenvalue weighted by Gasteiger charge is 2.19. The molecule has 100 valence electrons. The van der Waals surface area contributed by atoms with Gasteiger partial charge in [0.2, 0.25) is 0 Å². The maximum atomic E-state index is 3.44. The summed E-state index contributed by atoms with van der Waals surface area (Å²) in [5, 5.41) is 5.00. The Kier molecular flexibility index (Phi) is 4.25. The van der Waals surface area contributed by atoms with Crippen molar-refractivity contribution >= 4 is 13.3 Å². The van der Waals surface area contributed by atoms with Crippen molar-refractivity contribution in [1.29, 1.82) is 0 Å². The number of hydrogen-bond acceptors (Lipinski definition) is 2. The fraction of sp³-hybridized carbons (Fsp3) is 0.600. The summed E-state index contributed by atoms with van der Waals surface area (Å²) >= 11 is 0. The number of hydrogen-bond donors (Lipinski definition) is 1.